The first kappa shape index (κ1) is 28.2. The van der Waals surface area contributed by atoms with Crippen molar-refractivity contribution in [1.82, 2.24) is 24.0 Å². The fourth-order valence-corrected chi connectivity index (χ4v) is 5.76. The molecule has 2 heterocycles. The zero-order valence-corrected chi connectivity index (χ0v) is 24.0. The summed E-state index contributed by atoms with van der Waals surface area (Å²) in [5.74, 6) is 0.247. The minimum Gasteiger partial charge on any atom is -0.378 e. The van der Waals surface area contributed by atoms with Crippen LogP contribution in [0.15, 0.2) is 94.8 Å². The van der Waals surface area contributed by atoms with Crippen molar-refractivity contribution in [2.24, 2.45) is 4.99 Å². The molecule has 212 valence electrons. The Hall–Kier alpha value is -4.35. The Morgan fingerprint density at radius 1 is 0.927 bits per heavy atom. The molecule has 0 amide bonds. The zero-order valence-electron chi connectivity index (χ0n) is 23.2. The maximum atomic E-state index is 13.8. The van der Waals surface area contributed by atoms with Crippen molar-refractivity contribution >= 4 is 27.7 Å². The number of hydrogen-bond acceptors (Lipinski definition) is 7. The maximum absolute atomic E-state index is 13.8. The monoisotopic (exact) mass is 572 g/mol. The fraction of sp³-hybridized carbons (Fsp3) is 0.267. The normalized spacial score (nSPS) is 15.0. The van der Waals surface area contributed by atoms with Crippen LogP contribution in [0.1, 0.15) is 40.2 Å². The molecule has 41 heavy (non-hydrogen) atoms. The van der Waals surface area contributed by atoms with Gasteiger partial charge in [0.15, 0.2) is 11.6 Å². The van der Waals surface area contributed by atoms with Crippen molar-refractivity contribution in [1.29, 1.82) is 0 Å². The third-order valence-electron chi connectivity index (χ3n) is 6.81. The molecular formula is C30H32N6O4S. The Morgan fingerprint density at radius 2 is 1.56 bits per heavy atom. The van der Waals surface area contributed by atoms with Gasteiger partial charge in [-0.05, 0) is 23.8 Å². The minimum absolute atomic E-state index is 0.0533. The van der Waals surface area contributed by atoms with E-state index in [4.69, 9.17) is 9.73 Å². The van der Waals surface area contributed by atoms with Gasteiger partial charge in [0.25, 0.3) is 16.0 Å². The first-order chi connectivity index (χ1) is 19.8. The first-order valence-electron chi connectivity index (χ1n) is 13.3. The summed E-state index contributed by atoms with van der Waals surface area (Å²) in [6, 6.07) is 24.4. The van der Waals surface area contributed by atoms with Crippen molar-refractivity contribution in [2.45, 2.75) is 17.7 Å². The van der Waals surface area contributed by atoms with Gasteiger partial charge in [-0.25, -0.2) is 0 Å². The molecule has 1 fully saturated rings. The second-order valence-corrected chi connectivity index (χ2v) is 11.6. The summed E-state index contributed by atoms with van der Waals surface area (Å²) in [6.07, 6.45) is 0. The molecule has 1 unspecified atom stereocenters. The molecule has 1 atom stereocenters. The van der Waals surface area contributed by atoms with Crippen LogP contribution in [0.25, 0.3) is 0 Å². The van der Waals surface area contributed by atoms with Crippen LogP contribution in [-0.4, -0.2) is 84.5 Å². The molecule has 0 aliphatic carbocycles. The van der Waals surface area contributed by atoms with Gasteiger partial charge in [0.05, 0.1) is 18.1 Å². The van der Waals surface area contributed by atoms with Crippen molar-refractivity contribution in [3.63, 3.8) is 0 Å². The van der Waals surface area contributed by atoms with Gasteiger partial charge < -0.3 is 14.5 Å². The van der Waals surface area contributed by atoms with Crippen LogP contribution in [0.4, 0.5) is 5.95 Å². The van der Waals surface area contributed by atoms with Gasteiger partial charge >= 0.3 is 0 Å². The second-order valence-electron chi connectivity index (χ2n) is 9.88. The molecule has 0 N–H and O–H groups in total. The van der Waals surface area contributed by atoms with Crippen LogP contribution < -0.4 is 0 Å². The van der Waals surface area contributed by atoms with E-state index in [1.807, 2.05) is 55.1 Å². The number of carbonyl (C=O) groups excluding carboxylic acids is 1. The highest BCUT2D eigenvalue weighted by Crippen LogP contribution is 2.28. The summed E-state index contributed by atoms with van der Waals surface area (Å²) >= 11 is 0. The predicted molar refractivity (Wildman–Crippen MR) is 156 cm³/mol. The van der Waals surface area contributed by atoms with E-state index in [0.29, 0.717) is 43.4 Å². The summed E-state index contributed by atoms with van der Waals surface area (Å²) < 4.78 is 33.9. The van der Waals surface area contributed by atoms with E-state index in [0.717, 1.165) is 9.65 Å². The lowest BCUT2D eigenvalue weighted by molar-refractivity contribution is 0.0638. The standard InChI is InChI=1S/C30H32N6O4S/c1-22(24-13-10-14-25(21-24)27(37)23-11-6-4-7-12-23)28-31-29(32-30(34(2)3)35-17-19-40-20-18-35)36(33-28)41(38,39)26-15-8-5-9-16-26/h4-16,21-22H,17-20H2,1-3H3. The Kier molecular flexibility index (Phi) is 8.27. The number of hydrogen-bond donors (Lipinski definition) is 0. The molecular weight excluding hydrogens is 540 g/mol. The average molecular weight is 573 g/mol. The fourth-order valence-electron chi connectivity index (χ4n) is 4.57. The molecule has 0 spiro atoms. The molecule has 0 saturated carbocycles. The van der Waals surface area contributed by atoms with E-state index in [1.54, 1.807) is 48.5 Å². The quantitative estimate of drug-likeness (QED) is 0.187. The Balaban J connectivity index is 1.58. The van der Waals surface area contributed by atoms with Crippen molar-refractivity contribution in [2.75, 3.05) is 40.4 Å². The topological polar surface area (TPSA) is 110 Å². The van der Waals surface area contributed by atoms with Gasteiger partial charge in [0.1, 0.15) is 0 Å². The highest BCUT2D eigenvalue weighted by Gasteiger charge is 2.28. The summed E-state index contributed by atoms with van der Waals surface area (Å²) in [5, 5.41) is 4.49. The van der Waals surface area contributed by atoms with E-state index in [-0.39, 0.29) is 22.5 Å². The SMILES string of the molecule is CC(c1cccc(C(=O)c2ccccc2)c1)c1nc(N=C(N(C)C)N2CCOCC2)n(S(=O)(=O)c2ccccc2)n1. The molecule has 0 bridgehead atoms. The van der Waals surface area contributed by atoms with E-state index in [2.05, 4.69) is 10.1 Å². The van der Waals surface area contributed by atoms with Gasteiger partial charge in [-0.3, -0.25) is 4.79 Å². The molecule has 5 rings (SSSR count). The number of carbonyl (C=O) groups is 1. The van der Waals surface area contributed by atoms with Gasteiger partial charge in [-0.2, -0.15) is 18.4 Å². The average Bonchev–Trinajstić information content (AvgIpc) is 3.45. The van der Waals surface area contributed by atoms with E-state index >= 15 is 0 Å². The summed E-state index contributed by atoms with van der Waals surface area (Å²) in [6.45, 7) is 4.19. The Morgan fingerprint density at radius 3 is 2.22 bits per heavy atom. The van der Waals surface area contributed by atoms with Gasteiger partial charge in [-0.1, -0.05) is 73.7 Å². The predicted octanol–water partition coefficient (Wildman–Crippen LogP) is 3.78. The van der Waals surface area contributed by atoms with Crippen LogP contribution in [0.2, 0.25) is 0 Å². The third kappa shape index (κ3) is 6.06. The van der Waals surface area contributed by atoms with Gasteiger partial charge in [-0.15, -0.1) is 9.19 Å². The number of rotatable bonds is 7. The molecule has 1 saturated heterocycles. The minimum atomic E-state index is -4.10. The summed E-state index contributed by atoms with van der Waals surface area (Å²) in [7, 11) is -0.411. The lowest BCUT2D eigenvalue weighted by atomic mass is 9.95. The lowest BCUT2D eigenvalue weighted by Gasteiger charge is -2.32. The van der Waals surface area contributed by atoms with E-state index in [1.165, 1.54) is 12.1 Å². The maximum Gasteiger partial charge on any atom is 0.286 e. The number of ketones is 1. The Labute approximate surface area is 240 Å². The number of nitrogens with zero attached hydrogens (tertiary/aromatic N) is 6. The van der Waals surface area contributed by atoms with E-state index < -0.39 is 15.9 Å². The summed E-state index contributed by atoms with van der Waals surface area (Å²) in [4.78, 5) is 26.4. The molecule has 3 aromatic carbocycles. The Bertz CT molecular complexity index is 1650. The van der Waals surface area contributed by atoms with Crippen molar-refractivity contribution in [3.05, 3.63) is 107 Å². The molecule has 0 radical (unpaired) electrons. The highest BCUT2D eigenvalue weighted by atomic mass is 32.2. The molecule has 1 aliphatic heterocycles. The van der Waals surface area contributed by atoms with Crippen LogP contribution >= 0.6 is 0 Å². The van der Waals surface area contributed by atoms with Crippen LogP contribution in [0.3, 0.4) is 0 Å². The zero-order chi connectivity index (χ0) is 29.0. The van der Waals surface area contributed by atoms with Gasteiger partial charge in [0, 0.05) is 44.2 Å². The number of morpholine rings is 1. The largest absolute Gasteiger partial charge is 0.378 e. The third-order valence-corrected chi connectivity index (χ3v) is 8.38. The van der Waals surface area contributed by atoms with Crippen LogP contribution in [-0.2, 0) is 14.8 Å². The van der Waals surface area contributed by atoms with Crippen molar-refractivity contribution < 1.29 is 17.9 Å². The molecule has 11 heteroatoms. The number of guanidine groups is 1. The van der Waals surface area contributed by atoms with Crippen molar-refractivity contribution in [3.8, 4) is 0 Å². The number of aliphatic imine (C=N–C) groups is 1. The highest BCUT2D eigenvalue weighted by molar-refractivity contribution is 7.90. The molecule has 4 aromatic rings. The van der Waals surface area contributed by atoms with Crippen LogP contribution in [0.5, 0.6) is 0 Å². The molecule has 10 nitrogen and oxygen atoms in total. The molecule has 1 aliphatic rings. The van der Waals surface area contributed by atoms with Gasteiger partial charge in [0.2, 0.25) is 5.96 Å². The first-order valence-corrected chi connectivity index (χ1v) is 14.8. The van der Waals surface area contributed by atoms with E-state index in [9.17, 15) is 13.2 Å². The molecule has 1 aromatic heterocycles. The number of ether oxygens (including phenoxy) is 1. The summed E-state index contributed by atoms with van der Waals surface area (Å²) in [5.41, 5.74) is 1.89. The lowest BCUT2D eigenvalue weighted by Crippen LogP contribution is -2.46. The number of aromatic nitrogens is 3. The smallest absolute Gasteiger partial charge is 0.286 e. The number of benzene rings is 3. The second kappa shape index (κ2) is 12.0. The van der Waals surface area contributed by atoms with Crippen LogP contribution in [0, 0.1) is 0 Å².